The predicted molar refractivity (Wildman–Crippen MR) is 97.6 cm³/mol. The summed E-state index contributed by atoms with van der Waals surface area (Å²) in [5.41, 5.74) is 0.752. The van der Waals surface area contributed by atoms with Crippen molar-refractivity contribution in [3.05, 3.63) is 54.6 Å². The first kappa shape index (κ1) is 18.0. The number of hydrogen-bond acceptors (Lipinski definition) is 4. The van der Waals surface area contributed by atoms with Crippen molar-refractivity contribution in [2.75, 3.05) is 32.5 Å². The smallest absolute Gasteiger partial charge is 0.241 e. The standard InChI is InChI=1S/C19H25N3O2/c1-15(20-13-14-22(2)3)19(23)21-16-9-11-18(12-10-16)24-17-7-5-4-6-8-17/h4-12,15,20H,13-14H2,1-3H3,(H,21,23). The summed E-state index contributed by atoms with van der Waals surface area (Å²) in [5, 5.41) is 6.10. The summed E-state index contributed by atoms with van der Waals surface area (Å²) in [6.45, 7) is 3.52. The fourth-order valence-corrected chi connectivity index (χ4v) is 2.08. The van der Waals surface area contributed by atoms with Gasteiger partial charge >= 0.3 is 0 Å². The molecule has 0 heterocycles. The summed E-state index contributed by atoms with van der Waals surface area (Å²) in [6.07, 6.45) is 0. The maximum atomic E-state index is 12.1. The van der Waals surface area contributed by atoms with Crippen LogP contribution >= 0.6 is 0 Å². The van der Waals surface area contributed by atoms with Crippen molar-refractivity contribution in [1.82, 2.24) is 10.2 Å². The van der Waals surface area contributed by atoms with Gasteiger partial charge in [-0.1, -0.05) is 18.2 Å². The monoisotopic (exact) mass is 327 g/mol. The van der Waals surface area contributed by atoms with Crippen molar-refractivity contribution >= 4 is 11.6 Å². The molecule has 2 aromatic carbocycles. The van der Waals surface area contributed by atoms with E-state index in [0.717, 1.165) is 30.3 Å². The van der Waals surface area contributed by atoms with Crippen molar-refractivity contribution in [1.29, 1.82) is 0 Å². The topological polar surface area (TPSA) is 53.6 Å². The first-order chi connectivity index (χ1) is 11.5. The normalized spacial score (nSPS) is 12.0. The predicted octanol–water partition coefficient (Wildman–Crippen LogP) is 2.96. The van der Waals surface area contributed by atoms with Gasteiger partial charge in [0.25, 0.3) is 0 Å². The van der Waals surface area contributed by atoms with E-state index in [1.807, 2.05) is 75.6 Å². The molecule has 0 saturated carbocycles. The van der Waals surface area contributed by atoms with Gasteiger partial charge < -0.3 is 20.3 Å². The average molecular weight is 327 g/mol. The minimum absolute atomic E-state index is 0.0505. The third-order valence-electron chi connectivity index (χ3n) is 3.50. The molecule has 2 rings (SSSR count). The van der Waals surface area contributed by atoms with Gasteiger partial charge in [0.15, 0.2) is 0 Å². The number of nitrogens with zero attached hydrogens (tertiary/aromatic N) is 1. The molecule has 0 aliphatic heterocycles. The molecule has 128 valence electrons. The lowest BCUT2D eigenvalue weighted by Gasteiger charge is -2.16. The highest BCUT2D eigenvalue weighted by molar-refractivity contribution is 5.94. The number of carbonyl (C=O) groups is 1. The molecule has 1 amide bonds. The number of amides is 1. The van der Waals surface area contributed by atoms with Crippen molar-refractivity contribution < 1.29 is 9.53 Å². The van der Waals surface area contributed by atoms with E-state index in [9.17, 15) is 4.79 Å². The van der Waals surface area contributed by atoms with Crippen LogP contribution < -0.4 is 15.4 Å². The Kier molecular flexibility index (Phi) is 6.78. The van der Waals surface area contributed by atoms with Crippen molar-refractivity contribution in [3.8, 4) is 11.5 Å². The summed E-state index contributed by atoms with van der Waals surface area (Å²) in [4.78, 5) is 14.2. The van der Waals surface area contributed by atoms with E-state index in [4.69, 9.17) is 4.74 Å². The minimum Gasteiger partial charge on any atom is -0.457 e. The zero-order valence-corrected chi connectivity index (χ0v) is 14.5. The first-order valence-corrected chi connectivity index (χ1v) is 8.06. The second-order valence-electron chi connectivity index (χ2n) is 5.91. The molecule has 2 aromatic rings. The van der Waals surface area contributed by atoms with Crippen LogP contribution in [0, 0.1) is 0 Å². The molecule has 5 nitrogen and oxygen atoms in total. The second kappa shape index (κ2) is 9.05. The maximum Gasteiger partial charge on any atom is 0.241 e. The Morgan fingerprint density at radius 3 is 2.29 bits per heavy atom. The molecule has 1 atom stereocenters. The number of likely N-dealkylation sites (N-methyl/N-ethyl adjacent to an activating group) is 1. The number of ether oxygens (including phenoxy) is 1. The summed E-state index contributed by atoms with van der Waals surface area (Å²) in [5.74, 6) is 1.47. The van der Waals surface area contributed by atoms with E-state index in [-0.39, 0.29) is 11.9 Å². The molecule has 0 aliphatic carbocycles. The number of nitrogens with one attached hydrogen (secondary N) is 2. The number of para-hydroxylation sites is 1. The first-order valence-electron chi connectivity index (χ1n) is 8.06. The highest BCUT2D eigenvalue weighted by atomic mass is 16.5. The third kappa shape index (κ3) is 6.02. The number of rotatable bonds is 8. The molecule has 24 heavy (non-hydrogen) atoms. The van der Waals surface area contributed by atoms with Crippen LogP contribution in [0.2, 0.25) is 0 Å². The molecule has 1 unspecified atom stereocenters. The lowest BCUT2D eigenvalue weighted by Crippen LogP contribution is -2.41. The van der Waals surface area contributed by atoms with Gasteiger partial charge in [0.1, 0.15) is 11.5 Å². The van der Waals surface area contributed by atoms with Gasteiger partial charge in [-0.15, -0.1) is 0 Å². The van der Waals surface area contributed by atoms with Crippen LogP contribution in [0.1, 0.15) is 6.92 Å². The molecule has 0 aliphatic rings. The van der Waals surface area contributed by atoms with Gasteiger partial charge in [0, 0.05) is 18.8 Å². The Balaban J connectivity index is 1.83. The van der Waals surface area contributed by atoms with E-state index < -0.39 is 0 Å². The molecule has 5 heteroatoms. The highest BCUT2D eigenvalue weighted by Gasteiger charge is 2.12. The van der Waals surface area contributed by atoms with Crippen LogP contribution in [0.15, 0.2) is 54.6 Å². The molecule has 0 bridgehead atoms. The average Bonchev–Trinajstić information content (AvgIpc) is 2.57. The Hall–Kier alpha value is -2.37. The van der Waals surface area contributed by atoms with E-state index in [0.29, 0.717) is 0 Å². The SMILES string of the molecule is CC(NCCN(C)C)C(=O)Nc1ccc(Oc2ccccc2)cc1. The Labute approximate surface area is 143 Å². The number of anilines is 1. The summed E-state index contributed by atoms with van der Waals surface area (Å²) < 4.78 is 5.73. The molecule has 0 aromatic heterocycles. The van der Waals surface area contributed by atoms with Crippen LogP contribution in [-0.2, 0) is 4.79 Å². The van der Waals surface area contributed by atoms with E-state index in [2.05, 4.69) is 15.5 Å². The second-order valence-corrected chi connectivity index (χ2v) is 5.91. The quantitative estimate of drug-likeness (QED) is 0.783. The molecule has 0 radical (unpaired) electrons. The van der Waals surface area contributed by atoms with Crippen LogP contribution in [0.4, 0.5) is 5.69 Å². The lowest BCUT2D eigenvalue weighted by atomic mass is 10.2. The van der Waals surface area contributed by atoms with E-state index in [1.165, 1.54) is 0 Å². The molecule has 0 fully saturated rings. The van der Waals surface area contributed by atoms with Crippen LogP contribution in [-0.4, -0.2) is 44.0 Å². The summed E-state index contributed by atoms with van der Waals surface area (Å²) >= 11 is 0. The van der Waals surface area contributed by atoms with Gasteiger partial charge in [-0.3, -0.25) is 4.79 Å². The van der Waals surface area contributed by atoms with Gasteiger partial charge in [0.05, 0.1) is 6.04 Å². The number of hydrogen-bond donors (Lipinski definition) is 2. The molecular weight excluding hydrogens is 302 g/mol. The van der Waals surface area contributed by atoms with Crippen molar-refractivity contribution in [2.45, 2.75) is 13.0 Å². The number of carbonyl (C=O) groups excluding carboxylic acids is 1. The van der Waals surface area contributed by atoms with Gasteiger partial charge in [-0.2, -0.15) is 0 Å². The largest absolute Gasteiger partial charge is 0.457 e. The summed E-state index contributed by atoms with van der Waals surface area (Å²) in [6, 6.07) is 16.7. The van der Waals surface area contributed by atoms with Crippen LogP contribution in [0.3, 0.4) is 0 Å². The molecular formula is C19H25N3O2. The minimum atomic E-state index is -0.245. The van der Waals surface area contributed by atoms with E-state index >= 15 is 0 Å². The Morgan fingerprint density at radius 1 is 1.04 bits per heavy atom. The van der Waals surface area contributed by atoms with Gasteiger partial charge in [-0.05, 0) is 57.4 Å². The zero-order valence-electron chi connectivity index (χ0n) is 14.5. The van der Waals surface area contributed by atoms with Crippen molar-refractivity contribution in [2.24, 2.45) is 0 Å². The van der Waals surface area contributed by atoms with E-state index in [1.54, 1.807) is 0 Å². The van der Waals surface area contributed by atoms with Crippen molar-refractivity contribution in [3.63, 3.8) is 0 Å². The van der Waals surface area contributed by atoms with Gasteiger partial charge in [-0.25, -0.2) is 0 Å². The highest BCUT2D eigenvalue weighted by Crippen LogP contribution is 2.22. The van der Waals surface area contributed by atoms with Crippen LogP contribution in [0.5, 0.6) is 11.5 Å². The fourth-order valence-electron chi connectivity index (χ4n) is 2.08. The third-order valence-corrected chi connectivity index (χ3v) is 3.50. The molecule has 2 N–H and O–H groups in total. The fraction of sp³-hybridized carbons (Fsp3) is 0.316. The lowest BCUT2D eigenvalue weighted by molar-refractivity contribution is -0.117. The molecule has 0 spiro atoms. The molecule has 0 saturated heterocycles. The van der Waals surface area contributed by atoms with Gasteiger partial charge in [0.2, 0.25) is 5.91 Å². The summed E-state index contributed by atoms with van der Waals surface area (Å²) in [7, 11) is 4.01. The zero-order chi connectivity index (χ0) is 17.4. The van der Waals surface area contributed by atoms with Crippen LogP contribution in [0.25, 0.3) is 0 Å². The number of benzene rings is 2. The maximum absolute atomic E-state index is 12.1. The Morgan fingerprint density at radius 2 is 1.67 bits per heavy atom. The Bertz CT molecular complexity index is 627.